The fraction of sp³-hybridized carbons (Fsp3) is 0.579. The summed E-state index contributed by atoms with van der Waals surface area (Å²) in [6.45, 7) is 8.83. The monoisotopic (exact) mass is 347 g/mol. The summed E-state index contributed by atoms with van der Waals surface area (Å²) in [5.41, 5.74) is 0.645. The van der Waals surface area contributed by atoms with E-state index < -0.39 is 0 Å². The molecule has 1 fully saturated rings. The second-order valence-corrected chi connectivity index (χ2v) is 6.22. The smallest absolute Gasteiger partial charge is 0.254 e. The van der Waals surface area contributed by atoms with Gasteiger partial charge >= 0.3 is 0 Å². The molecule has 1 aliphatic heterocycles. The second-order valence-electron chi connectivity index (χ2n) is 6.22. The lowest BCUT2D eigenvalue weighted by Gasteiger charge is -2.25. The summed E-state index contributed by atoms with van der Waals surface area (Å²) in [7, 11) is 1.60. The van der Waals surface area contributed by atoms with Gasteiger partial charge < -0.3 is 14.5 Å². The SMILES string of the molecule is CCN(CC)C(=O)CN1CCCN(C(=O)c2cccc(OC)c2)CC1. The van der Waals surface area contributed by atoms with Crippen LogP contribution < -0.4 is 4.74 Å². The zero-order chi connectivity index (χ0) is 18.2. The number of rotatable bonds is 6. The van der Waals surface area contributed by atoms with Crippen molar-refractivity contribution in [2.24, 2.45) is 0 Å². The van der Waals surface area contributed by atoms with Crippen molar-refractivity contribution in [2.75, 3.05) is 52.9 Å². The van der Waals surface area contributed by atoms with Crippen LogP contribution in [-0.4, -0.2) is 79.4 Å². The standard InChI is InChI=1S/C19H29N3O3/c1-4-21(5-2)18(23)15-20-10-7-11-22(13-12-20)19(24)16-8-6-9-17(14-16)25-3/h6,8-9,14H,4-5,7,10-13,15H2,1-3H3. The van der Waals surface area contributed by atoms with Gasteiger partial charge in [0, 0.05) is 44.8 Å². The first-order valence-corrected chi connectivity index (χ1v) is 9.02. The molecule has 0 saturated carbocycles. The van der Waals surface area contributed by atoms with E-state index in [-0.39, 0.29) is 11.8 Å². The number of hydrogen-bond donors (Lipinski definition) is 0. The van der Waals surface area contributed by atoms with Gasteiger partial charge in [-0.2, -0.15) is 0 Å². The second kappa shape index (κ2) is 9.42. The van der Waals surface area contributed by atoms with Crippen LogP contribution in [-0.2, 0) is 4.79 Å². The normalized spacial score (nSPS) is 15.6. The Bertz CT molecular complexity index is 587. The van der Waals surface area contributed by atoms with Gasteiger partial charge in [0.2, 0.25) is 5.91 Å². The summed E-state index contributed by atoms with van der Waals surface area (Å²) in [4.78, 5) is 30.9. The molecule has 0 aliphatic carbocycles. The lowest BCUT2D eigenvalue weighted by Crippen LogP contribution is -2.42. The topological polar surface area (TPSA) is 53.1 Å². The maximum atomic E-state index is 12.7. The molecule has 0 unspecified atom stereocenters. The largest absolute Gasteiger partial charge is 0.497 e. The number of amides is 2. The molecule has 25 heavy (non-hydrogen) atoms. The Balaban J connectivity index is 1.94. The first-order valence-electron chi connectivity index (χ1n) is 9.02. The summed E-state index contributed by atoms with van der Waals surface area (Å²) in [6, 6.07) is 7.25. The van der Waals surface area contributed by atoms with Crippen molar-refractivity contribution in [3.05, 3.63) is 29.8 Å². The Hall–Kier alpha value is -2.08. The van der Waals surface area contributed by atoms with Crippen LogP contribution in [0.3, 0.4) is 0 Å². The van der Waals surface area contributed by atoms with E-state index in [1.54, 1.807) is 13.2 Å². The van der Waals surface area contributed by atoms with E-state index in [4.69, 9.17) is 4.74 Å². The zero-order valence-corrected chi connectivity index (χ0v) is 15.5. The lowest BCUT2D eigenvalue weighted by molar-refractivity contribution is -0.132. The third kappa shape index (κ3) is 5.19. The minimum Gasteiger partial charge on any atom is -0.497 e. The van der Waals surface area contributed by atoms with Crippen molar-refractivity contribution >= 4 is 11.8 Å². The zero-order valence-electron chi connectivity index (χ0n) is 15.5. The summed E-state index contributed by atoms with van der Waals surface area (Å²) in [6.07, 6.45) is 0.876. The van der Waals surface area contributed by atoms with Gasteiger partial charge in [-0.1, -0.05) is 6.07 Å². The number of nitrogens with zero attached hydrogens (tertiary/aromatic N) is 3. The van der Waals surface area contributed by atoms with Gasteiger partial charge in [0.15, 0.2) is 0 Å². The Morgan fingerprint density at radius 3 is 2.56 bits per heavy atom. The van der Waals surface area contributed by atoms with E-state index in [1.165, 1.54) is 0 Å². The summed E-state index contributed by atoms with van der Waals surface area (Å²) in [5.74, 6) is 0.875. The molecule has 1 heterocycles. The molecule has 0 aromatic heterocycles. The van der Waals surface area contributed by atoms with Crippen molar-refractivity contribution in [3.63, 3.8) is 0 Å². The van der Waals surface area contributed by atoms with Crippen molar-refractivity contribution in [3.8, 4) is 5.75 Å². The number of ether oxygens (including phenoxy) is 1. The van der Waals surface area contributed by atoms with Crippen molar-refractivity contribution in [2.45, 2.75) is 20.3 Å². The lowest BCUT2D eigenvalue weighted by atomic mass is 10.2. The fourth-order valence-corrected chi connectivity index (χ4v) is 3.14. The number of benzene rings is 1. The summed E-state index contributed by atoms with van der Waals surface area (Å²) < 4.78 is 5.20. The van der Waals surface area contributed by atoms with Gasteiger partial charge in [0.1, 0.15) is 5.75 Å². The number of carbonyl (C=O) groups is 2. The molecule has 6 heteroatoms. The molecular formula is C19H29N3O3. The molecule has 6 nitrogen and oxygen atoms in total. The van der Waals surface area contributed by atoms with Crippen LogP contribution in [0.5, 0.6) is 5.75 Å². The van der Waals surface area contributed by atoms with Crippen LogP contribution in [0, 0.1) is 0 Å². The summed E-state index contributed by atoms with van der Waals surface area (Å²) >= 11 is 0. The van der Waals surface area contributed by atoms with E-state index in [2.05, 4.69) is 4.90 Å². The van der Waals surface area contributed by atoms with E-state index >= 15 is 0 Å². The highest BCUT2D eigenvalue weighted by molar-refractivity contribution is 5.94. The number of methoxy groups -OCH3 is 1. The minimum absolute atomic E-state index is 0.0239. The molecule has 0 radical (unpaired) electrons. The Morgan fingerprint density at radius 2 is 1.88 bits per heavy atom. The van der Waals surface area contributed by atoms with Crippen molar-refractivity contribution in [1.29, 1.82) is 0 Å². The molecule has 1 saturated heterocycles. The molecule has 2 rings (SSSR count). The summed E-state index contributed by atoms with van der Waals surface area (Å²) in [5, 5.41) is 0. The minimum atomic E-state index is 0.0239. The molecule has 1 aromatic carbocycles. The average molecular weight is 347 g/mol. The third-order valence-corrected chi connectivity index (χ3v) is 4.67. The van der Waals surface area contributed by atoms with Crippen molar-refractivity contribution in [1.82, 2.24) is 14.7 Å². The van der Waals surface area contributed by atoms with E-state index in [0.717, 1.165) is 32.6 Å². The van der Waals surface area contributed by atoms with Crippen molar-refractivity contribution < 1.29 is 14.3 Å². The van der Waals surface area contributed by atoms with Gasteiger partial charge in [-0.3, -0.25) is 14.5 Å². The molecule has 1 aromatic rings. The van der Waals surface area contributed by atoms with Crippen LogP contribution in [0.2, 0.25) is 0 Å². The Kier molecular flexibility index (Phi) is 7.25. The van der Waals surface area contributed by atoms with E-state index in [1.807, 2.05) is 41.8 Å². The van der Waals surface area contributed by atoms with Gasteiger partial charge in [-0.25, -0.2) is 0 Å². The maximum Gasteiger partial charge on any atom is 0.254 e. The van der Waals surface area contributed by atoms with Crippen LogP contribution in [0.25, 0.3) is 0 Å². The molecule has 1 aliphatic rings. The molecule has 0 bridgehead atoms. The molecular weight excluding hydrogens is 318 g/mol. The first-order chi connectivity index (χ1) is 12.1. The highest BCUT2D eigenvalue weighted by atomic mass is 16.5. The Labute approximate surface area is 150 Å². The van der Waals surface area contributed by atoms with Crippen LogP contribution in [0.15, 0.2) is 24.3 Å². The number of likely N-dealkylation sites (N-methyl/N-ethyl adjacent to an activating group) is 1. The average Bonchev–Trinajstić information content (AvgIpc) is 2.87. The number of carbonyl (C=O) groups excluding carboxylic acids is 2. The van der Waals surface area contributed by atoms with Gasteiger partial charge in [-0.05, 0) is 38.5 Å². The molecule has 138 valence electrons. The molecule has 0 spiro atoms. The van der Waals surface area contributed by atoms with Crippen LogP contribution >= 0.6 is 0 Å². The highest BCUT2D eigenvalue weighted by Gasteiger charge is 2.22. The third-order valence-electron chi connectivity index (χ3n) is 4.67. The fourth-order valence-electron chi connectivity index (χ4n) is 3.14. The molecule has 0 atom stereocenters. The van der Waals surface area contributed by atoms with E-state index in [0.29, 0.717) is 30.9 Å². The van der Waals surface area contributed by atoms with Gasteiger partial charge in [0.25, 0.3) is 5.91 Å². The predicted molar refractivity (Wildman–Crippen MR) is 97.9 cm³/mol. The maximum absolute atomic E-state index is 12.7. The van der Waals surface area contributed by atoms with Crippen LogP contribution in [0.4, 0.5) is 0 Å². The van der Waals surface area contributed by atoms with Gasteiger partial charge in [-0.15, -0.1) is 0 Å². The van der Waals surface area contributed by atoms with Crippen LogP contribution in [0.1, 0.15) is 30.6 Å². The van der Waals surface area contributed by atoms with E-state index in [9.17, 15) is 9.59 Å². The highest BCUT2D eigenvalue weighted by Crippen LogP contribution is 2.15. The molecule has 0 N–H and O–H groups in total. The van der Waals surface area contributed by atoms with Gasteiger partial charge in [0.05, 0.1) is 13.7 Å². The first kappa shape index (κ1) is 19.2. The Morgan fingerprint density at radius 1 is 1.12 bits per heavy atom. The molecule has 2 amide bonds. The number of hydrogen-bond acceptors (Lipinski definition) is 4. The predicted octanol–water partition coefficient (Wildman–Crippen LogP) is 1.71. The quantitative estimate of drug-likeness (QED) is 0.786.